The number of aromatic nitrogens is 2. The number of halogens is 1. The largest absolute Gasteiger partial charge is 0.385 e. The van der Waals surface area contributed by atoms with Crippen LogP contribution in [0.2, 0.25) is 5.02 Å². The van der Waals surface area contributed by atoms with E-state index in [1.807, 2.05) is 25.1 Å². The summed E-state index contributed by atoms with van der Waals surface area (Å²) in [5.41, 5.74) is 2.11. The quantitative estimate of drug-likeness (QED) is 0.330. The molecule has 0 spiro atoms. The molecule has 6 nitrogen and oxygen atoms in total. The predicted molar refractivity (Wildman–Crippen MR) is 118 cm³/mol. The van der Waals surface area contributed by atoms with E-state index in [4.69, 9.17) is 16.3 Å². The molecule has 0 unspecified atom stereocenters. The minimum absolute atomic E-state index is 0.111. The lowest BCUT2D eigenvalue weighted by Crippen LogP contribution is -2.25. The van der Waals surface area contributed by atoms with Crippen LogP contribution in [0, 0.1) is 6.92 Å². The molecule has 1 N–H and O–H groups in total. The first kappa shape index (κ1) is 21.4. The van der Waals surface area contributed by atoms with Crippen molar-refractivity contribution in [3.05, 3.63) is 63.4 Å². The second-order valence-corrected chi connectivity index (χ2v) is 7.89. The van der Waals surface area contributed by atoms with Gasteiger partial charge in [0.25, 0.3) is 5.56 Å². The molecule has 0 aliphatic rings. The zero-order valence-electron chi connectivity index (χ0n) is 16.3. The van der Waals surface area contributed by atoms with E-state index in [-0.39, 0.29) is 17.2 Å². The van der Waals surface area contributed by atoms with Crippen LogP contribution in [0.15, 0.2) is 52.4 Å². The van der Waals surface area contributed by atoms with Crippen LogP contribution in [-0.4, -0.2) is 34.9 Å². The number of fused-ring (bicyclic) bond motifs is 1. The third kappa shape index (κ3) is 5.38. The number of benzene rings is 2. The molecule has 0 aliphatic carbocycles. The summed E-state index contributed by atoms with van der Waals surface area (Å²) in [6.07, 6.45) is 0.678. The molecule has 0 aliphatic heterocycles. The number of carbonyl (C=O) groups is 1. The van der Waals surface area contributed by atoms with Gasteiger partial charge in [-0.1, -0.05) is 41.6 Å². The third-order valence-corrected chi connectivity index (χ3v) is 5.57. The van der Waals surface area contributed by atoms with E-state index in [9.17, 15) is 9.59 Å². The van der Waals surface area contributed by atoms with Crippen molar-refractivity contribution in [2.45, 2.75) is 25.0 Å². The number of anilines is 1. The highest BCUT2D eigenvalue weighted by molar-refractivity contribution is 7.99. The second-order valence-electron chi connectivity index (χ2n) is 6.51. The summed E-state index contributed by atoms with van der Waals surface area (Å²) in [4.78, 5) is 30.0. The molecular formula is C21H22ClN3O3S. The molecule has 8 heteroatoms. The lowest BCUT2D eigenvalue weighted by Gasteiger charge is -2.13. The van der Waals surface area contributed by atoms with Crippen molar-refractivity contribution in [1.82, 2.24) is 9.55 Å². The van der Waals surface area contributed by atoms with E-state index in [1.54, 1.807) is 35.9 Å². The number of hydrogen-bond donors (Lipinski definition) is 1. The summed E-state index contributed by atoms with van der Waals surface area (Å²) in [6.45, 7) is 2.91. The molecule has 2 aromatic carbocycles. The van der Waals surface area contributed by atoms with Crippen molar-refractivity contribution in [3.8, 4) is 0 Å². The van der Waals surface area contributed by atoms with Gasteiger partial charge in [-0.15, -0.1) is 0 Å². The number of para-hydroxylation sites is 1. The number of hydrogen-bond acceptors (Lipinski definition) is 5. The first-order valence-electron chi connectivity index (χ1n) is 9.17. The summed E-state index contributed by atoms with van der Waals surface area (Å²) in [7, 11) is 1.62. The Morgan fingerprint density at radius 1 is 1.28 bits per heavy atom. The summed E-state index contributed by atoms with van der Waals surface area (Å²) >= 11 is 7.25. The van der Waals surface area contributed by atoms with Gasteiger partial charge in [0.15, 0.2) is 5.16 Å². The van der Waals surface area contributed by atoms with Crippen molar-refractivity contribution >= 4 is 45.9 Å². The van der Waals surface area contributed by atoms with Gasteiger partial charge >= 0.3 is 0 Å². The van der Waals surface area contributed by atoms with Gasteiger partial charge in [-0.05, 0) is 43.2 Å². The topological polar surface area (TPSA) is 73.2 Å². The molecule has 0 saturated carbocycles. The van der Waals surface area contributed by atoms with Gasteiger partial charge in [-0.3, -0.25) is 14.2 Å². The molecule has 1 heterocycles. The zero-order valence-corrected chi connectivity index (χ0v) is 17.8. The number of aryl methyl sites for hydroxylation is 1. The summed E-state index contributed by atoms with van der Waals surface area (Å²) < 4.78 is 6.71. The number of methoxy groups -OCH3 is 1. The van der Waals surface area contributed by atoms with E-state index >= 15 is 0 Å². The molecule has 1 amide bonds. The fourth-order valence-electron chi connectivity index (χ4n) is 2.87. The maximum absolute atomic E-state index is 12.9. The van der Waals surface area contributed by atoms with Gasteiger partial charge in [0.1, 0.15) is 0 Å². The standard InChI is InChI=1S/C21H22ClN3O3S/c1-14-8-9-15(22)12-18(14)23-19(26)13-29-21-24-17-7-4-3-6-16(17)20(27)25(21)10-5-11-28-2/h3-4,6-9,12H,5,10-11,13H2,1-2H3,(H,23,26). The Bertz CT molecular complexity index is 1080. The molecule has 152 valence electrons. The molecule has 0 atom stereocenters. The van der Waals surface area contributed by atoms with Crippen molar-refractivity contribution in [2.24, 2.45) is 0 Å². The minimum atomic E-state index is -0.189. The average molecular weight is 432 g/mol. The van der Waals surface area contributed by atoms with Crippen LogP contribution in [0.5, 0.6) is 0 Å². The molecule has 1 aromatic heterocycles. The lowest BCUT2D eigenvalue weighted by atomic mass is 10.2. The van der Waals surface area contributed by atoms with Gasteiger partial charge in [0.2, 0.25) is 5.91 Å². The maximum atomic E-state index is 12.9. The Morgan fingerprint density at radius 3 is 2.86 bits per heavy atom. The van der Waals surface area contributed by atoms with Crippen molar-refractivity contribution < 1.29 is 9.53 Å². The number of amides is 1. The second kappa shape index (κ2) is 9.91. The third-order valence-electron chi connectivity index (χ3n) is 4.36. The zero-order chi connectivity index (χ0) is 20.8. The summed E-state index contributed by atoms with van der Waals surface area (Å²) in [5, 5.41) is 4.50. The Morgan fingerprint density at radius 2 is 2.07 bits per heavy atom. The van der Waals surface area contributed by atoms with E-state index < -0.39 is 0 Å². The number of thioether (sulfide) groups is 1. The van der Waals surface area contributed by atoms with Crippen LogP contribution in [-0.2, 0) is 16.1 Å². The maximum Gasteiger partial charge on any atom is 0.262 e. The molecular weight excluding hydrogens is 410 g/mol. The highest BCUT2D eigenvalue weighted by Crippen LogP contribution is 2.22. The van der Waals surface area contributed by atoms with Crippen molar-refractivity contribution in [1.29, 1.82) is 0 Å². The molecule has 0 fully saturated rings. The van der Waals surface area contributed by atoms with Gasteiger partial charge in [0.05, 0.1) is 16.7 Å². The molecule has 3 rings (SSSR count). The highest BCUT2D eigenvalue weighted by atomic mass is 35.5. The smallest absolute Gasteiger partial charge is 0.262 e. The van der Waals surface area contributed by atoms with Gasteiger partial charge in [-0.2, -0.15) is 0 Å². The Hall–Kier alpha value is -2.35. The number of carbonyl (C=O) groups excluding carboxylic acids is 1. The number of nitrogens with one attached hydrogen (secondary N) is 1. The number of nitrogens with zero attached hydrogens (tertiary/aromatic N) is 2. The first-order valence-corrected chi connectivity index (χ1v) is 10.5. The van der Waals surface area contributed by atoms with Crippen LogP contribution in [0.1, 0.15) is 12.0 Å². The average Bonchev–Trinajstić information content (AvgIpc) is 2.71. The van der Waals surface area contributed by atoms with Crippen molar-refractivity contribution in [3.63, 3.8) is 0 Å². The van der Waals surface area contributed by atoms with Crippen LogP contribution < -0.4 is 10.9 Å². The van der Waals surface area contributed by atoms with E-state index in [1.165, 1.54) is 11.8 Å². The lowest BCUT2D eigenvalue weighted by molar-refractivity contribution is -0.113. The predicted octanol–water partition coefficient (Wildman–Crippen LogP) is 4.13. The molecule has 0 bridgehead atoms. The Balaban J connectivity index is 1.80. The van der Waals surface area contributed by atoms with E-state index in [0.717, 1.165) is 5.56 Å². The summed E-state index contributed by atoms with van der Waals surface area (Å²) in [6, 6.07) is 12.6. The molecule has 0 radical (unpaired) electrons. The molecule has 29 heavy (non-hydrogen) atoms. The number of ether oxygens (including phenoxy) is 1. The Labute approximate surface area is 178 Å². The van der Waals surface area contributed by atoms with Crippen LogP contribution in [0.4, 0.5) is 5.69 Å². The first-order chi connectivity index (χ1) is 14.0. The van der Waals surface area contributed by atoms with Crippen LogP contribution in [0.25, 0.3) is 10.9 Å². The normalized spacial score (nSPS) is 11.0. The van der Waals surface area contributed by atoms with E-state index in [2.05, 4.69) is 10.3 Å². The van der Waals surface area contributed by atoms with Gasteiger partial charge in [0, 0.05) is 31.0 Å². The SMILES string of the molecule is COCCCn1c(SCC(=O)Nc2cc(Cl)ccc2C)nc2ccccc2c1=O. The summed E-state index contributed by atoms with van der Waals surface area (Å²) in [5.74, 6) is -0.0627. The van der Waals surface area contributed by atoms with Crippen molar-refractivity contribution in [2.75, 3.05) is 24.8 Å². The van der Waals surface area contributed by atoms with E-state index in [0.29, 0.717) is 46.3 Å². The fraction of sp³-hybridized carbons (Fsp3) is 0.286. The monoisotopic (exact) mass is 431 g/mol. The fourth-order valence-corrected chi connectivity index (χ4v) is 3.86. The molecule has 3 aromatic rings. The highest BCUT2D eigenvalue weighted by Gasteiger charge is 2.14. The Kier molecular flexibility index (Phi) is 7.30. The van der Waals surface area contributed by atoms with Gasteiger partial charge < -0.3 is 10.1 Å². The number of rotatable bonds is 8. The molecule has 0 saturated heterocycles. The van der Waals surface area contributed by atoms with Crippen LogP contribution >= 0.6 is 23.4 Å². The van der Waals surface area contributed by atoms with Gasteiger partial charge in [-0.25, -0.2) is 4.98 Å². The van der Waals surface area contributed by atoms with Crippen LogP contribution in [0.3, 0.4) is 0 Å². The minimum Gasteiger partial charge on any atom is -0.385 e.